The summed E-state index contributed by atoms with van der Waals surface area (Å²) in [5.41, 5.74) is 2.20. The first-order valence-corrected chi connectivity index (χ1v) is 11.8. The van der Waals surface area contributed by atoms with Crippen molar-refractivity contribution in [3.05, 3.63) is 29.3 Å². The van der Waals surface area contributed by atoms with Gasteiger partial charge in [0, 0.05) is 19.6 Å². The van der Waals surface area contributed by atoms with Crippen molar-refractivity contribution >= 4 is 16.1 Å². The Hall–Kier alpha value is -1.68. The fourth-order valence-corrected chi connectivity index (χ4v) is 7.35. The molecular weight excluding hydrogens is 394 g/mol. The first-order valence-electron chi connectivity index (χ1n) is 10.4. The highest BCUT2D eigenvalue weighted by Gasteiger charge is 2.55. The van der Waals surface area contributed by atoms with Gasteiger partial charge in [-0.2, -0.15) is 17.0 Å². The molecule has 2 bridgehead atoms. The van der Waals surface area contributed by atoms with Crippen molar-refractivity contribution in [2.45, 2.75) is 43.8 Å². The topological polar surface area (TPSA) is 79.4 Å². The van der Waals surface area contributed by atoms with E-state index >= 15 is 0 Å². The molecule has 0 radical (unpaired) electrons. The first kappa shape index (κ1) is 19.3. The van der Waals surface area contributed by atoms with E-state index in [9.17, 15) is 13.2 Å². The summed E-state index contributed by atoms with van der Waals surface area (Å²) in [7, 11) is -2.09. The molecule has 0 aliphatic carbocycles. The fourth-order valence-electron chi connectivity index (χ4n) is 5.39. The van der Waals surface area contributed by atoms with Crippen LogP contribution in [0.2, 0.25) is 0 Å². The minimum absolute atomic E-state index is 0.0516. The normalized spacial score (nSPS) is 30.6. The maximum absolute atomic E-state index is 13.6. The molecule has 4 aliphatic heterocycles. The van der Waals surface area contributed by atoms with Gasteiger partial charge in [0.1, 0.15) is 11.8 Å². The SMILES string of the molecule is COc1ccc2c(c1)CCN1C(=O)C3CCCC(C21)N3S(=O)(=O)N1CCOCC1. The maximum atomic E-state index is 13.6. The van der Waals surface area contributed by atoms with Crippen LogP contribution >= 0.6 is 0 Å². The molecule has 3 saturated heterocycles. The van der Waals surface area contributed by atoms with Crippen molar-refractivity contribution in [3.8, 4) is 5.75 Å². The molecule has 4 aliphatic rings. The number of carbonyl (C=O) groups excluding carboxylic acids is 1. The Labute approximate surface area is 171 Å². The lowest BCUT2D eigenvalue weighted by Gasteiger charge is -2.55. The minimum atomic E-state index is -3.73. The number of rotatable bonds is 3. The van der Waals surface area contributed by atoms with E-state index in [0.717, 1.165) is 36.1 Å². The fraction of sp³-hybridized carbons (Fsp3) is 0.650. The first-order chi connectivity index (χ1) is 14.0. The van der Waals surface area contributed by atoms with Crippen molar-refractivity contribution in [2.75, 3.05) is 40.0 Å². The van der Waals surface area contributed by atoms with E-state index in [0.29, 0.717) is 39.3 Å². The zero-order chi connectivity index (χ0) is 20.2. The van der Waals surface area contributed by atoms with E-state index < -0.39 is 16.3 Å². The van der Waals surface area contributed by atoms with Crippen molar-refractivity contribution in [2.24, 2.45) is 0 Å². The number of carbonyl (C=O) groups is 1. The number of hydrogen-bond donors (Lipinski definition) is 0. The van der Waals surface area contributed by atoms with Crippen LogP contribution in [-0.2, 0) is 26.2 Å². The van der Waals surface area contributed by atoms with Gasteiger partial charge in [-0.25, -0.2) is 0 Å². The van der Waals surface area contributed by atoms with Gasteiger partial charge in [-0.3, -0.25) is 4.79 Å². The second kappa shape index (κ2) is 7.23. The Kier molecular flexibility index (Phi) is 4.81. The predicted octanol–water partition coefficient (Wildman–Crippen LogP) is 0.935. The van der Waals surface area contributed by atoms with Gasteiger partial charge >= 0.3 is 0 Å². The van der Waals surface area contributed by atoms with E-state index in [1.807, 2.05) is 23.1 Å². The highest BCUT2D eigenvalue weighted by Crippen LogP contribution is 2.46. The number of hydrogen-bond acceptors (Lipinski definition) is 5. The number of piperazine rings is 1. The molecule has 0 N–H and O–H groups in total. The van der Waals surface area contributed by atoms with Crippen molar-refractivity contribution < 1.29 is 22.7 Å². The number of piperidine rings is 1. The van der Waals surface area contributed by atoms with Crippen LogP contribution in [0.25, 0.3) is 0 Å². The van der Waals surface area contributed by atoms with Gasteiger partial charge in [0.15, 0.2) is 0 Å². The number of methoxy groups -OCH3 is 1. The molecular formula is C20H27N3O5S. The number of nitrogens with zero attached hydrogens (tertiary/aromatic N) is 3. The molecule has 3 fully saturated rings. The lowest BCUT2D eigenvalue weighted by Crippen LogP contribution is -2.69. The molecule has 9 heteroatoms. The summed E-state index contributed by atoms with van der Waals surface area (Å²) < 4.78 is 40.9. The van der Waals surface area contributed by atoms with E-state index in [-0.39, 0.29) is 18.0 Å². The van der Waals surface area contributed by atoms with Crippen LogP contribution in [0.4, 0.5) is 0 Å². The average molecular weight is 422 g/mol. The number of amides is 1. The smallest absolute Gasteiger partial charge is 0.283 e. The monoisotopic (exact) mass is 421 g/mol. The Bertz CT molecular complexity index is 915. The summed E-state index contributed by atoms with van der Waals surface area (Å²) in [6.07, 6.45) is 2.99. The summed E-state index contributed by atoms with van der Waals surface area (Å²) in [4.78, 5) is 15.3. The molecule has 0 saturated carbocycles. The predicted molar refractivity (Wildman–Crippen MR) is 106 cm³/mol. The van der Waals surface area contributed by atoms with Gasteiger partial charge in [0.2, 0.25) is 5.91 Å². The number of ether oxygens (including phenoxy) is 2. The number of fused-ring (bicyclic) bond motifs is 6. The zero-order valence-corrected chi connectivity index (χ0v) is 17.4. The molecule has 5 rings (SSSR count). The Morgan fingerprint density at radius 1 is 1.14 bits per heavy atom. The Balaban J connectivity index is 1.57. The summed E-state index contributed by atoms with van der Waals surface area (Å²) in [6, 6.07) is 4.89. The Morgan fingerprint density at radius 3 is 2.69 bits per heavy atom. The molecule has 1 amide bonds. The second-order valence-corrected chi connectivity index (χ2v) is 9.99. The van der Waals surface area contributed by atoms with Crippen LogP contribution in [0.3, 0.4) is 0 Å². The largest absolute Gasteiger partial charge is 0.497 e. The molecule has 0 aromatic heterocycles. The molecule has 1 aromatic carbocycles. The van der Waals surface area contributed by atoms with Gasteiger partial charge in [0.25, 0.3) is 10.2 Å². The zero-order valence-electron chi connectivity index (χ0n) is 16.6. The van der Waals surface area contributed by atoms with Crippen LogP contribution < -0.4 is 4.74 Å². The van der Waals surface area contributed by atoms with E-state index in [2.05, 4.69) is 0 Å². The summed E-state index contributed by atoms with van der Waals surface area (Å²) in [5, 5.41) is 0. The summed E-state index contributed by atoms with van der Waals surface area (Å²) in [5.74, 6) is 0.739. The van der Waals surface area contributed by atoms with Crippen LogP contribution in [0.5, 0.6) is 5.75 Å². The summed E-state index contributed by atoms with van der Waals surface area (Å²) in [6.45, 7) is 2.11. The molecule has 29 heavy (non-hydrogen) atoms. The van der Waals surface area contributed by atoms with Gasteiger partial charge in [-0.15, -0.1) is 0 Å². The second-order valence-electron chi connectivity index (χ2n) is 8.15. The average Bonchev–Trinajstić information content (AvgIpc) is 2.76. The molecule has 4 heterocycles. The van der Waals surface area contributed by atoms with Crippen LogP contribution in [0, 0.1) is 0 Å². The van der Waals surface area contributed by atoms with Crippen LogP contribution in [-0.4, -0.2) is 79.9 Å². The molecule has 3 atom stereocenters. The molecule has 3 unspecified atom stereocenters. The standard InChI is InChI=1S/C20H27N3O5S/c1-27-15-5-6-16-14(13-15)7-8-22-19(16)17-3-2-4-18(20(22)24)23(17)29(25,26)21-9-11-28-12-10-21/h5-6,13,17-19H,2-4,7-12H2,1H3. The number of morpholine rings is 1. The molecule has 158 valence electrons. The van der Waals surface area contributed by atoms with Gasteiger partial charge in [0.05, 0.1) is 32.4 Å². The molecule has 0 spiro atoms. The van der Waals surface area contributed by atoms with Gasteiger partial charge < -0.3 is 14.4 Å². The quantitative estimate of drug-likeness (QED) is 0.726. The van der Waals surface area contributed by atoms with Gasteiger partial charge in [-0.05, 0) is 48.9 Å². The van der Waals surface area contributed by atoms with Crippen molar-refractivity contribution in [1.82, 2.24) is 13.5 Å². The van der Waals surface area contributed by atoms with E-state index in [4.69, 9.17) is 9.47 Å². The third kappa shape index (κ3) is 2.98. The van der Waals surface area contributed by atoms with E-state index in [1.54, 1.807) is 11.4 Å². The maximum Gasteiger partial charge on any atom is 0.283 e. The highest BCUT2D eigenvalue weighted by atomic mass is 32.2. The minimum Gasteiger partial charge on any atom is -0.497 e. The van der Waals surface area contributed by atoms with Crippen molar-refractivity contribution in [3.63, 3.8) is 0 Å². The summed E-state index contributed by atoms with van der Waals surface area (Å²) >= 11 is 0. The highest BCUT2D eigenvalue weighted by molar-refractivity contribution is 7.86. The van der Waals surface area contributed by atoms with Crippen LogP contribution in [0.15, 0.2) is 18.2 Å². The van der Waals surface area contributed by atoms with Crippen LogP contribution in [0.1, 0.15) is 36.4 Å². The molecule has 1 aromatic rings. The van der Waals surface area contributed by atoms with Crippen molar-refractivity contribution in [1.29, 1.82) is 0 Å². The number of benzene rings is 1. The Morgan fingerprint density at radius 2 is 1.93 bits per heavy atom. The molecule has 8 nitrogen and oxygen atoms in total. The third-order valence-electron chi connectivity index (χ3n) is 6.73. The third-order valence-corrected chi connectivity index (χ3v) is 8.81. The lowest BCUT2D eigenvalue weighted by atomic mass is 9.80. The van der Waals surface area contributed by atoms with Gasteiger partial charge in [-0.1, -0.05) is 6.07 Å². The van der Waals surface area contributed by atoms with E-state index in [1.165, 1.54) is 4.31 Å². The lowest BCUT2D eigenvalue weighted by molar-refractivity contribution is -0.150.